The second-order valence-electron chi connectivity index (χ2n) is 7.37. The Balaban J connectivity index is 3.41. The maximum Gasteiger partial charge on any atom is 0.323 e. The number of amides is 1. The van der Waals surface area contributed by atoms with Gasteiger partial charge < -0.3 is 44.7 Å². The number of thiocarbonyl (C=S) groups is 1. The molecule has 1 heterocycles. The fourth-order valence-electron chi connectivity index (χ4n) is 3.19. The number of rotatable bonds is 10. The van der Waals surface area contributed by atoms with Gasteiger partial charge >= 0.3 is 29.8 Å². The van der Waals surface area contributed by atoms with Gasteiger partial charge in [-0.15, -0.1) is 0 Å². The van der Waals surface area contributed by atoms with E-state index in [0.717, 1.165) is 32.6 Å². The molecule has 5 atom stereocenters. The molecule has 1 aliphatic rings. The van der Waals surface area contributed by atoms with Gasteiger partial charge in [0.2, 0.25) is 5.91 Å². The molecule has 1 fully saturated rings. The second kappa shape index (κ2) is 13.4. The lowest BCUT2D eigenvalue weighted by Gasteiger charge is -2.46. The third-order valence-electron chi connectivity index (χ3n) is 4.32. The van der Waals surface area contributed by atoms with Crippen LogP contribution in [0.4, 0.5) is 0 Å². The Hall–Kier alpha value is -3.53. The summed E-state index contributed by atoms with van der Waals surface area (Å²) in [5, 5.41) is 22.9. The minimum absolute atomic E-state index is 0.381. The van der Waals surface area contributed by atoms with E-state index in [1.165, 1.54) is 0 Å². The van der Waals surface area contributed by atoms with Crippen molar-refractivity contribution >= 4 is 53.1 Å². The van der Waals surface area contributed by atoms with Gasteiger partial charge in [0, 0.05) is 27.7 Å². The van der Waals surface area contributed by atoms with Crippen molar-refractivity contribution in [3.05, 3.63) is 0 Å². The van der Waals surface area contributed by atoms with Gasteiger partial charge in [0.05, 0.1) is 0 Å². The van der Waals surface area contributed by atoms with E-state index in [4.69, 9.17) is 41.4 Å². The lowest BCUT2D eigenvalue weighted by atomic mass is 9.95. The van der Waals surface area contributed by atoms with Gasteiger partial charge in [0.25, 0.3) is 0 Å². The van der Waals surface area contributed by atoms with Gasteiger partial charge in [-0.2, -0.15) is 0 Å². The van der Waals surface area contributed by atoms with Crippen LogP contribution in [0.3, 0.4) is 0 Å². The average molecular weight is 522 g/mol. The van der Waals surface area contributed by atoms with Crippen molar-refractivity contribution in [2.24, 2.45) is 0 Å². The number of nitrogens with one attached hydrogen (secondary N) is 2. The predicted octanol–water partition coefficient (Wildman–Crippen LogP) is -2.01. The van der Waals surface area contributed by atoms with E-state index < -0.39 is 86.0 Å². The average Bonchev–Trinajstić information content (AvgIpc) is 2.68. The molecule has 1 saturated heterocycles. The molecule has 1 aliphatic heterocycles. The Morgan fingerprint density at radius 2 is 1.37 bits per heavy atom. The Labute approximate surface area is 205 Å². The van der Waals surface area contributed by atoms with Crippen LogP contribution in [0.15, 0.2) is 0 Å². The van der Waals surface area contributed by atoms with Crippen LogP contribution in [-0.2, 0) is 47.7 Å². The van der Waals surface area contributed by atoms with Gasteiger partial charge in [-0.1, -0.05) is 0 Å². The maximum atomic E-state index is 11.9. The first kappa shape index (κ1) is 29.5. The molecule has 0 aliphatic carbocycles. The number of carbonyl (C=O) groups is 6. The number of esters is 3. The largest absolute Gasteiger partial charge is 0.480 e. The lowest BCUT2D eigenvalue weighted by molar-refractivity contribution is -0.225. The number of hydrogen-bond donors (Lipinski definition) is 4. The van der Waals surface area contributed by atoms with E-state index >= 15 is 0 Å². The molecule has 35 heavy (non-hydrogen) atoms. The summed E-state index contributed by atoms with van der Waals surface area (Å²) < 4.78 is 21.4. The zero-order valence-electron chi connectivity index (χ0n) is 19.3. The van der Waals surface area contributed by atoms with Crippen molar-refractivity contribution in [3.63, 3.8) is 0 Å². The first-order valence-electron chi connectivity index (χ1n) is 10.1. The molecular formula is C19H27N3O12S. The van der Waals surface area contributed by atoms with E-state index in [-0.39, 0.29) is 5.11 Å². The fraction of sp³-hybridized carbons (Fsp3) is 0.632. The number of carbonyl (C=O) groups excluding carboxylic acids is 4. The summed E-state index contributed by atoms with van der Waals surface area (Å²) >= 11 is 5.15. The van der Waals surface area contributed by atoms with Crippen LogP contribution in [0, 0.1) is 0 Å². The van der Waals surface area contributed by atoms with Gasteiger partial charge in [-0.05, 0) is 12.2 Å². The zero-order chi connectivity index (χ0) is 26.9. The molecule has 4 N–H and O–H groups in total. The Morgan fingerprint density at radius 3 is 1.80 bits per heavy atom. The fourth-order valence-corrected chi connectivity index (χ4v) is 3.44. The van der Waals surface area contributed by atoms with E-state index in [2.05, 4.69) is 10.6 Å². The molecule has 16 heteroatoms. The highest BCUT2D eigenvalue weighted by Gasteiger charge is 2.51. The summed E-state index contributed by atoms with van der Waals surface area (Å²) in [4.78, 5) is 70.0. The molecule has 0 spiro atoms. The number of hydrogen-bond acceptors (Lipinski definition) is 11. The van der Waals surface area contributed by atoms with Gasteiger partial charge in [-0.25, -0.2) is 0 Å². The predicted molar refractivity (Wildman–Crippen MR) is 117 cm³/mol. The molecule has 0 bridgehead atoms. The van der Waals surface area contributed by atoms with Crippen LogP contribution in [-0.4, -0.2) is 106 Å². The molecule has 0 aromatic rings. The van der Waals surface area contributed by atoms with Crippen LogP contribution >= 0.6 is 12.2 Å². The van der Waals surface area contributed by atoms with Crippen molar-refractivity contribution in [3.8, 4) is 0 Å². The highest BCUT2D eigenvalue weighted by atomic mass is 32.1. The van der Waals surface area contributed by atoms with Gasteiger partial charge in [-0.3, -0.25) is 28.8 Å². The summed E-state index contributed by atoms with van der Waals surface area (Å²) in [5.74, 6) is -5.66. The van der Waals surface area contributed by atoms with Crippen molar-refractivity contribution in [1.29, 1.82) is 0 Å². The molecule has 0 radical (unpaired) electrons. The highest BCUT2D eigenvalue weighted by molar-refractivity contribution is 7.80. The quantitative estimate of drug-likeness (QED) is 0.139. The summed E-state index contributed by atoms with van der Waals surface area (Å²) in [5.41, 5.74) is 0. The van der Waals surface area contributed by atoms with Crippen molar-refractivity contribution < 1.29 is 57.9 Å². The van der Waals surface area contributed by atoms with Crippen LogP contribution in [0.2, 0.25) is 0 Å². The molecule has 0 saturated carbocycles. The van der Waals surface area contributed by atoms with Gasteiger partial charge in [0.15, 0.2) is 23.5 Å². The number of aliphatic carboxylic acids is 2. The first-order chi connectivity index (χ1) is 16.2. The molecular weight excluding hydrogens is 494 g/mol. The number of ether oxygens (including phenoxy) is 4. The third kappa shape index (κ3) is 10.1. The topological polar surface area (TPSA) is 207 Å². The second-order valence-corrected chi connectivity index (χ2v) is 7.75. The molecule has 0 unspecified atom stereocenters. The van der Waals surface area contributed by atoms with Crippen LogP contribution in [0.1, 0.15) is 27.7 Å². The molecule has 196 valence electrons. The number of carboxylic acids is 2. The number of carboxylic acid groups (broad SMARTS) is 2. The summed E-state index contributed by atoms with van der Waals surface area (Å²) in [7, 11) is 0. The standard InChI is InChI=1S/C19H27N3O12S/c1-8(23)20-15-17(33-11(4)26)16(32-10(3)25)12(7-31-9(2)24)34-18(15)21-19(35)22(5-13(27)28)6-14(29)30/h12,15-18H,5-7H2,1-4H3,(H,20,23)(H,21,35)(H,27,28)(H,29,30)/t12-,15-,16-,17-,18+/m1/s1. The smallest absolute Gasteiger partial charge is 0.323 e. The zero-order valence-corrected chi connectivity index (χ0v) is 20.2. The van der Waals surface area contributed by atoms with E-state index in [9.17, 15) is 28.8 Å². The Kier molecular flexibility index (Phi) is 11.3. The Bertz CT molecular complexity index is 850. The molecule has 0 aromatic heterocycles. The van der Waals surface area contributed by atoms with E-state index in [1.807, 2.05) is 0 Å². The lowest BCUT2D eigenvalue weighted by Crippen LogP contribution is -2.70. The highest BCUT2D eigenvalue weighted by Crippen LogP contribution is 2.26. The van der Waals surface area contributed by atoms with Crippen LogP contribution in [0.25, 0.3) is 0 Å². The number of nitrogens with zero attached hydrogens (tertiary/aromatic N) is 1. The third-order valence-corrected chi connectivity index (χ3v) is 4.70. The molecule has 15 nitrogen and oxygen atoms in total. The molecule has 1 rings (SSSR count). The minimum Gasteiger partial charge on any atom is -0.480 e. The normalized spacial score (nSPS) is 23.3. The van der Waals surface area contributed by atoms with E-state index in [1.54, 1.807) is 0 Å². The minimum atomic E-state index is -1.38. The van der Waals surface area contributed by atoms with Crippen LogP contribution in [0.5, 0.6) is 0 Å². The Morgan fingerprint density at radius 1 is 0.857 bits per heavy atom. The summed E-state index contributed by atoms with van der Waals surface area (Å²) in [6.45, 7) is 2.39. The molecule has 1 amide bonds. The maximum absolute atomic E-state index is 11.9. The van der Waals surface area contributed by atoms with Crippen molar-refractivity contribution in [2.75, 3.05) is 19.7 Å². The monoisotopic (exact) mass is 521 g/mol. The summed E-state index contributed by atoms with van der Waals surface area (Å²) in [6.07, 6.45) is -5.31. The van der Waals surface area contributed by atoms with Gasteiger partial charge in [0.1, 0.15) is 31.8 Å². The van der Waals surface area contributed by atoms with Crippen molar-refractivity contribution in [2.45, 2.75) is 58.3 Å². The first-order valence-corrected chi connectivity index (χ1v) is 10.5. The SMILES string of the molecule is CC(=O)N[C@@H]1[C@@H](OC(C)=O)[C@H](OC(C)=O)[C@@H](COC(C)=O)O[C@@H]1NC(=S)N(CC(=O)O)CC(=O)O. The molecule has 0 aromatic carbocycles. The summed E-state index contributed by atoms with van der Waals surface area (Å²) in [6, 6.07) is -1.26. The van der Waals surface area contributed by atoms with E-state index in [0.29, 0.717) is 0 Å². The van der Waals surface area contributed by atoms with Crippen LogP contribution < -0.4 is 10.6 Å². The van der Waals surface area contributed by atoms with Crippen molar-refractivity contribution in [1.82, 2.24) is 15.5 Å².